The topological polar surface area (TPSA) is 55.4 Å². The van der Waals surface area contributed by atoms with Crippen LogP contribution in [0.3, 0.4) is 0 Å². The van der Waals surface area contributed by atoms with E-state index in [1.807, 2.05) is 20.8 Å². The number of rotatable bonds is 3. The highest BCUT2D eigenvalue weighted by molar-refractivity contribution is 5.68. The SMILES string of the molecule is CC(C)(C)OC(=O)NC1CCCCC1CC=O. The van der Waals surface area contributed by atoms with E-state index in [0.29, 0.717) is 6.42 Å². The van der Waals surface area contributed by atoms with Gasteiger partial charge in [0.25, 0.3) is 0 Å². The van der Waals surface area contributed by atoms with Crippen molar-refractivity contribution < 1.29 is 14.3 Å². The third-order valence-corrected chi connectivity index (χ3v) is 3.01. The van der Waals surface area contributed by atoms with Gasteiger partial charge in [-0.25, -0.2) is 4.79 Å². The highest BCUT2D eigenvalue weighted by atomic mass is 16.6. The Bertz CT molecular complexity index is 270. The molecule has 17 heavy (non-hydrogen) atoms. The van der Waals surface area contributed by atoms with E-state index in [1.54, 1.807) is 0 Å². The Morgan fingerprint density at radius 2 is 2.00 bits per heavy atom. The molecule has 1 aliphatic rings. The third-order valence-electron chi connectivity index (χ3n) is 3.01. The van der Waals surface area contributed by atoms with Crippen molar-refractivity contribution in [3.05, 3.63) is 0 Å². The number of carbonyl (C=O) groups excluding carboxylic acids is 2. The first kappa shape index (κ1) is 14.0. The van der Waals surface area contributed by atoms with Gasteiger partial charge in [-0.2, -0.15) is 0 Å². The van der Waals surface area contributed by atoms with Crippen LogP contribution in [0, 0.1) is 5.92 Å². The molecule has 0 radical (unpaired) electrons. The van der Waals surface area contributed by atoms with Crippen molar-refractivity contribution in [1.29, 1.82) is 0 Å². The lowest BCUT2D eigenvalue weighted by Gasteiger charge is -2.31. The van der Waals surface area contributed by atoms with Crippen LogP contribution in [0.1, 0.15) is 52.9 Å². The van der Waals surface area contributed by atoms with Gasteiger partial charge in [0.05, 0.1) is 0 Å². The summed E-state index contributed by atoms with van der Waals surface area (Å²) in [7, 11) is 0. The molecule has 0 bridgehead atoms. The molecule has 4 heteroatoms. The van der Waals surface area contributed by atoms with Crippen LogP contribution in [-0.4, -0.2) is 24.0 Å². The summed E-state index contributed by atoms with van der Waals surface area (Å²) in [6.07, 6.45) is 5.30. The molecule has 1 aliphatic carbocycles. The van der Waals surface area contributed by atoms with Crippen LogP contribution in [0.5, 0.6) is 0 Å². The highest BCUT2D eigenvalue weighted by Gasteiger charge is 2.27. The Kier molecular flexibility index (Phi) is 4.97. The molecule has 1 amide bonds. The minimum absolute atomic E-state index is 0.0869. The summed E-state index contributed by atoms with van der Waals surface area (Å²) in [4.78, 5) is 22.2. The summed E-state index contributed by atoms with van der Waals surface area (Å²) in [5.74, 6) is 0.272. The summed E-state index contributed by atoms with van der Waals surface area (Å²) in [6.45, 7) is 5.53. The van der Waals surface area contributed by atoms with Gasteiger partial charge in [-0.3, -0.25) is 0 Å². The van der Waals surface area contributed by atoms with Crippen LogP contribution in [0.15, 0.2) is 0 Å². The molecule has 1 rings (SSSR count). The van der Waals surface area contributed by atoms with Gasteiger partial charge in [0.2, 0.25) is 0 Å². The van der Waals surface area contributed by atoms with Gasteiger partial charge in [-0.05, 0) is 39.5 Å². The molecule has 2 atom stereocenters. The Hall–Kier alpha value is -1.06. The van der Waals surface area contributed by atoms with E-state index in [4.69, 9.17) is 4.74 Å². The van der Waals surface area contributed by atoms with Crippen molar-refractivity contribution >= 4 is 12.4 Å². The zero-order valence-corrected chi connectivity index (χ0v) is 11.0. The minimum atomic E-state index is -0.473. The Morgan fingerprint density at radius 1 is 1.35 bits per heavy atom. The van der Waals surface area contributed by atoms with E-state index in [0.717, 1.165) is 32.0 Å². The monoisotopic (exact) mass is 241 g/mol. The first-order valence-corrected chi connectivity index (χ1v) is 6.35. The molecular weight excluding hydrogens is 218 g/mol. The second kappa shape index (κ2) is 6.03. The molecule has 2 unspecified atom stereocenters. The molecule has 98 valence electrons. The molecule has 0 aromatic carbocycles. The Labute approximate surface area is 103 Å². The number of ether oxygens (including phenoxy) is 1. The fourth-order valence-electron chi connectivity index (χ4n) is 2.26. The first-order chi connectivity index (χ1) is 7.92. The molecule has 1 N–H and O–H groups in total. The first-order valence-electron chi connectivity index (χ1n) is 6.35. The lowest BCUT2D eigenvalue weighted by molar-refractivity contribution is -0.109. The maximum Gasteiger partial charge on any atom is 0.407 e. The van der Waals surface area contributed by atoms with Gasteiger partial charge in [0, 0.05) is 12.5 Å². The van der Waals surface area contributed by atoms with Gasteiger partial charge < -0.3 is 14.8 Å². The van der Waals surface area contributed by atoms with Crippen molar-refractivity contribution in [2.75, 3.05) is 0 Å². The average molecular weight is 241 g/mol. The van der Waals surface area contributed by atoms with Crippen LogP contribution >= 0.6 is 0 Å². The van der Waals surface area contributed by atoms with Crippen LogP contribution in [0.2, 0.25) is 0 Å². The molecule has 1 fully saturated rings. The lowest BCUT2D eigenvalue weighted by Crippen LogP contribution is -2.44. The number of hydrogen-bond acceptors (Lipinski definition) is 3. The molecule has 4 nitrogen and oxygen atoms in total. The maximum atomic E-state index is 11.7. The number of carbonyl (C=O) groups is 2. The number of nitrogens with one attached hydrogen (secondary N) is 1. The third kappa shape index (κ3) is 5.20. The quantitative estimate of drug-likeness (QED) is 0.773. The van der Waals surface area contributed by atoms with Crippen molar-refractivity contribution in [1.82, 2.24) is 5.32 Å². The number of amides is 1. The van der Waals surface area contributed by atoms with E-state index < -0.39 is 5.60 Å². The second-order valence-corrected chi connectivity index (χ2v) is 5.70. The second-order valence-electron chi connectivity index (χ2n) is 5.70. The number of hydrogen-bond donors (Lipinski definition) is 1. The molecule has 0 aromatic rings. The average Bonchev–Trinajstić information content (AvgIpc) is 2.18. The van der Waals surface area contributed by atoms with Crippen molar-refractivity contribution in [2.45, 2.75) is 64.5 Å². The van der Waals surface area contributed by atoms with Crippen molar-refractivity contribution in [3.8, 4) is 0 Å². The zero-order valence-electron chi connectivity index (χ0n) is 11.0. The minimum Gasteiger partial charge on any atom is -0.444 e. The number of alkyl carbamates (subject to hydrolysis) is 1. The van der Waals surface area contributed by atoms with Gasteiger partial charge in [-0.1, -0.05) is 12.8 Å². The molecule has 0 heterocycles. The lowest BCUT2D eigenvalue weighted by atomic mass is 9.83. The fraction of sp³-hybridized carbons (Fsp3) is 0.846. The van der Waals surface area contributed by atoms with Crippen LogP contribution in [0.4, 0.5) is 4.79 Å². The predicted molar refractivity (Wildman–Crippen MR) is 65.8 cm³/mol. The molecular formula is C13H23NO3. The number of aldehydes is 1. The summed E-state index contributed by atoms with van der Waals surface area (Å²) < 4.78 is 5.23. The molecule has 0 aliphatic heterocycles. The van der Waals surface area contributed by atoms with Gasteiger partial charge in [0.15, 0.2) is 0 Å². The predicted octanol–water partition coefficient (Wildman–Crippen LogP) is 2.66. The van der Waals surface area contributed by atoms with Gasteiger partial charge >= 0.3 is 6.09 Å². The standard InChI is InChI=1S/C13H23NO3/c1-13(2,3)17-12(16)14-11-7-5-4-6-10(11)8-9-15/h9-11H,4-8H2,1-3H3,(H,14,16). The molecule has 0 saturated heterocycles. The normalized spacial score (nSPS) is 25.1. The van der Waals surface area contributed by atoms with Gasteiger partial charge in [-0.15, -0.1) is 0 Å². The molecule has 0 aromatic heterocycles. The molecule has 1 saturated carbocycles. The van der Waals surface area contributed by atoms with E-state index in [1.165, 1.54) is 0 Å². The summed E-state index contributed by atoms with van der Waals surface area (Å²) in [6, 6.07) is 0.0869. The maximum absolute atomic E-state index is 11.7. The smallest absolute Gasteiger partial charge is 0.407 e. The zero-order chi connectivity index (χ0) is 12.9. The van der Waals surface area contributed by atoms with E-state index in [9.17, 15) is 9.59 Å². The molecule has 0 spiro atoms. The Balaban J connectivity index is 2.47. The summed E-state index contributed by atoms with van der Waals surface area (Å²) in [5.41, 5.74) is -0.473. The van der Waals surface area contributed by atoms with E-state index in [-0.39, 0.29) is 18.1 Å². The Morgan fingerprint density at radius 3 is 2.59 bits per heavy atom. The highest BCUT2D eigenvalue weighted by Crippen LogP contribution is 2.26. The van der Waals surface area contributed by atoms with Crippen LogP contribution in [0.25, 0.3) is 0 Å². The van der Waals surface area contributed by atoms with Crippen LogP contribution < -0.4 is 5.32 Å². The van der Waals surface area contributed by atoms with Crippen molar-refractivity contribution in [2.24, 2.45) is 5.92 Å². The van der Waals surface area contributed by atoms with Crippen LogP contribution in [-0.2, 0) is 9.53 Å². The van der Waals surface area contributed by atoms with E-state index in [2.05, 4.69) is 5.32 Å². The largest absolute Gasteiger partial charge is 0.444 e. The summed E-state index contributed by atoms with van der Waals surface area (Å²) in [5, 5.41) is 2.89. The fourth-order valence-corrected chi connectivity index (χ4v) is 2.26. The summed E-state index contributed by atoms with van der Waals surface area (Å²) >= 11 is 0. The van der Waals surface area contributed by atoms with Gasteiger partial charge in [0.1, 0.15) is 11.9 Å². The van der Waals surface area contributed by atoms with E-state index >= 15 is 0 Å². The van der Waals surface area contributed by atoms with Crippen molar-refractivity contribution in [3.63, 3.8) is 0 Å².